The van der Waals surface area contributed by atoms with Crippen LogP contribution in [0.3, 0.4) is 0 Å². The maximum absolute atomic E-state index is 5.60. The summed E-state index contributed by atoms with van der Waals surface area (Å²) in [5.74, 6) is 1.74. The molecule has 1 saturated heterocycles. The van der Waals surface area contributed by atoms with Crippen LogP contribution < -0.4 is 0 Å². The van der Waals surface area contributed by atoms with Gasteiger partial charge in [0.2, 0.25) is 0 Å². The lowest BCUT2D eigenvalue weighted by atomic mass is 9.88. The Morgan fingerprint density at radius 3 is 2.78 bits per heavy atom. The van der Waals surface area contributed by atoms with Crippen molar-refractivity contribution in [2.45, 2.75) is 49.4 Å². The molecule has 18 heavy (non-hydrogen) atoms. The van der Waals surface area contributed by atoms with E-state index >= 15 is 0 Å². The van der Waals surface area contributed by atoms with Crippen LogP contribution in [0, 0.1) is 11.8 Å². The third-order valence-electron chi connectivity index (χ3n) is 4.47. The molecule has 2 rings (SSSR count). The summed E-state index contributed by atoms with van der Waals surface area (Å²) in [6, 6.07) is 0. The maximum Gasteiger partial charge on any atom is 0.0506 e. The van der Waals surface area contributed by atoms with Crippen LogP contribution in [0.1, 0.15) is 45.4 Å². The third kappa shape index (κ3) is 4.64. The van der Waals surface area contributed by atoms with Gasteiger partial charge in [-0.05, 0) is 51.0 Å². The van der Waals surface area contributed by atoms with Crippen molar-refractivity contribution in [3.8, 4) is 0 Å². The number of alkyl halides is 1. The molecule has 0 N–H and O–H groups in total. The highest BCUT2D eigenvalue weighted by atomic mass is 127. The number of hydrogen-bond donors (Lipinski definition) is 0. The molecule has 0 spiro atoms. The maximum atomic E-state index is 5.60. The number of ether oxygens (including phenoxy) is 1. The predicted octanol–water partition coefficient (Wildman–Crippen LogP) is 3.73. The van der Waals surface area contributed by atoms with Crippen LogP contribution in [0.5, 0.6) is 0 Å². The summed E-state index contributed by atoms with van der Waals surface area (Å²) in [5, 5.41) is 0. The van der Waals surface area contributed by atoms with Crippen molar-refractivity contribution in [2.24, 2.45) is 11.8 Å². The lowest BCUT2D eigenvalue weighted by Gasteiger charge is -2.37. The van der Waals surface area contributed by atoms with Gasteiger partial charge in [0.15, 0.2) is 0 Å². The zero-order valence-corrected chi connectivity index (χ0v) is 13.9. The van der Waals surface area contributed by atoms with Crippen LogP contribution in [-0.4, -0.2) is 41.7 Å². The van der Waals surface area contributed by atoms with E-state index in [1.54, 1.807) is 0 Å². The van der Waals surface area contributed by atoms with Gasteiger partial charge in [-0.25, -0.2) is 0 Å². The van der Waals surface area contributed by atoms with Gasteiger partial charge in [0, 0.05) is 23.6 Å². The SMILES string of the molecule is CCOCC1CCCN(C[C@@H]2CCCC[C@H]2I)C1. The molecule has 2 fully saturated rings. The Hall–Kier alpha value is 0.650. The zero-order chi connectivity index (χ0) is 12.8. The minimum Gasteiger partial charge on any atom is -0.381 e. The van der Waals surface area contributed by atoms with Gasteiger partial charge < -0.3 is 9.64 Å². The molecule has 0 aromatic heterocycles. The average Bonchev–Trinajstić information content (AvgIpc) is 2.40. The van der Waals surface area contributed by atoms with E-state index in [9.17, 15) is 0 Å². The van der Waals surface area contributed by atoms with Crippen LogP contribution in [0.15, 0.2) is 0 Å². The van der Waals surface area contributed by atoms with Gasteiger partial charge in [0.05, 0.1) is 6.61 Å². The fourth-order valence-electron chi connectivity index (χ4n) is 3.44. The molecule has 1 unspecified atom stereocenters. The quantitative estimate of drug-likeness (QED) is 0.544. The van der Waals surface area contributed by atoms with Gasteiger partial charge in [-0.1, -0.05) is 35.4 Å². The van der Waals surface area contributed by atoms with Crippen molar-refractivity contribution in [1.82, 2.24) is 4.90 Å². The highest BCUT2D eigenvalue weighted by molar-refractivity contribution is 14.1. The molecule has 3 heteroatoms. The monoisotopic (exact) mass is 365 g/mol. The van der Waals surface area contributed by atoms with Crippen LogP contribution in [0.4, 0.5) is 0 Å². The van der Waals surface area contributed by atoms with Crippen LogP contribution in [0.25, 0.3) is 0 Å². The number of hydrogen-bond acceptors (Lipinski definition) is 2. The first-order valence-electron chi connectivity index (χ1n) is 7.73. The lowest BCUT2D eigenvalue weighted by molar-refractivity contribution is 0.0600. The van der Waals surface area contributed by atoms with Crippen molar-refractivity contribution in [3.63, 3.8) is 0 Å². The second-order valence-corrected chi connectivity index (χ2v) is 7.59. The van der Waals surface area contributed by atoms with Gasteiger partial charge in [-0.15, -0.1) is 0 Å². The number of piperidine rings is 1. The molecule has 3 atom stereocenters. The topological polar surface area (TPSA) is 12.5 Å². The van der Waals surface area contributed by atoms with E-state index in [1.807, 2.05) is 0 Å². The minimum absolute atomic E-state index is 0.787. The first-order chi connectivity index (χ1) is 8.79. The summed E-state index contributed by atoms with van der Waals surface area (Å²) < 4.78 is 6.52. The Morgan fingerprint density at radius 2 is 2.00 bits per heavy atom. The molecular weight excluding hydrogens is 337 g/mol. The molecule has 1 heterocycles. The highest BCUT2D eigenvalue weighted by Crippen LogP contribution is 2.31. The molecule has 0 aromatic rings. The predicted molar refractivity (Wildman–Crippen MR) is 85.4 cm³/mol. The fourth-order valence-corrected chi connectivity index (χ4v) is 4.46. The van der Waals surface area contributed by atoms with Crippen LogP contribution in [-0.2, 0) is 4.74 Å². The third-order valence-corrected chi connectivity index (χ3v) is 6.11. The molecule has 1 saturated carbocycles. The van der Waals surface area contributed by atoms with Gasteiger partial charge in [-0.3, -0.25) is 0 Å². The molecular formula is C15H28INO. The molecule has 106 valence electrons. The van der Waals surface area contributed by atoms with E-state index in [2.05, 4.69) is 34.4 Å². The average molecular weight is 365 g/mol. The van der Waals surface area contributed by atoms with Gasteiger partial charge in [0.1, 0.15) is 0 Å². The molecule has 1 aliphatic heterocycles. The standard InChI is InChI=1S/C15H28INO/c1-2-18-12-13-6-5-9-17(10-13)11-14-7-3-4-8-15(14)16/h13-15H,2-12H2,1H3/t13?,14-,15+/m0/s1. The second-order valence-electron chi connectivity index (χ2n) is 5.99. The highest BCUT2D eigenvalue weighted by Gasteiger charge is 2.27. The zero-order valence-electron chi connectivity index (χ0n) is 11.7. The van der Waals surface area contributed by atoms with Crippen molar-refractivity contribution in [2.75, 3.05) is 32.8 Å². The Balaban J connectivity index is 1.74. The fraction of sp³-hybridized carbons (Fsp3) is 1.00. The van der Waals surface area contributed by atoms with Gasteiger partial charge >= 0.3 is 0 Å². The molecule has 2 nitrogen and oxygen atoms in total. The normalized spacial score (nSPS) is 34.7. The molecule has 0 aromatic carbocycles. The lowest BCUT2D eigenvalue weighted by Crippen LogP contribution is -2.42. The Morgan fingerprint density at radius 1 is 1.17 bits per heavy atom. The summed E-state index contributed by atoms with van der Waals surface area (Å²) in [4.78, 5) is 2.72. The Bertz CT molecular complexity index is 237. The Kier molecular flexibility index (Phi) is 6.73. The molecule has 1 aliphatic carbocycles. The molecule has 0 bridgehead atoms. The van der Waals surface area contributed by atoms with Crippen LogP contribution >= 0.6 is 22.6 Å². The van der Waals surface area contributed by atoms with Crippen molar-refractivity contribution in [1.29, 1.82) is 0 Å². The first kappa shape index (κ1) is 15.0. The largest absolute Gasteiger partial charge is 0.381 e. The van der Waals surface area contributed by atoms with E-state index in [4.69, 9.17) is 4.74 Å². The Labute approximate surface area is 126 Å². The summed E-state index contributed by atoms with van der Waals surface area (Å²) in [6.07, 6.45) is 8.56. The molecule has 2 aliphatic rings. The molecule has 0 radical (unpaired) electrons. The summed E-state index contributed by atoms with van der Waals surface area (Å²) in [6.45, 7) is 7.89. The minimum atomic E-state index is 0.787. The van der Waals surface area contributed by atoms with E-state index in [0.717, 1.165) is 29.0 Å². The smallest absolute Gasteiger partial charge is 0.0506 e. The second kappa shape index (κ2) is 8.05. The van der Waals surface area contributed by atoms with Crippen molar-refractivity contribution >= 4 is 22.6 Å². The van der Waals surface area contributed by atoms with Gasteiger partial charge in [0.25, 0.3) is 0 Å². The number of nitrogens with zero attached hydrogens (tertiary/aromatic N) is 1. The van der Waals surface area contributed by atoms with Crippen molar-refractivity contribution in [3.05, 3.63) is 0 Å². The van der Waals surface area contributed by atoms with E-state index in [-0.39, 0.29) is 0 Å². The van der Waals surface area contributed by atoms with Gasteiger partial charge in [-0.2, -0.15) is 0 Å². The number of halogens is 1. The van der Waals surface area contributed by atoms with E-state index in [1.165, 1.54) is 58.2 Å². The summed E-state index contributed by atoms with van der Waals surface area (Å²) >= 11 is 2.69. The number of likely N-dealkylation sites (tertiary alicyclic amines) is 1. The van der Waals surface area contributed by atoms with Crippen molar-refractivity contribution < 1.29 is 4.74 Å². The van der Waals surface area contributed by atoms with Crippen LogP contribution in [0.2, 0.25) is 0 Å². The summed E-state index contributed by atoms with van der Waals surface area (Å²) in [5.41, 5.74) is 0. The van der Waals surface area contributed by atoms with E-state index in [0.29, 0.717) is 0 Å². The molecule has 0 amide bonds. The number of rotatable bonds is 5. The van der Waals surface area contributed by atoms with E-state index < -0.39 is 0 Å². The summed E-state index contributed by atoms with van der Waals surface area (Å²) in [7, 11) is 0. The first-order valence-corrected chi connectivity index (χ1v) is 8.98.